The number of carbonyl (C=O) groups is 1. The van der Waals surface area contributed by atoms with E-state index in [0.717, 1.165) is 22.3 Å². The molecule has 1 amide bonds. The van der Waals surface area contributed by atoms with E-state index >= 15 is 0 Å². The molecule has 1 fully saturated rings. The number of aromatic nitrogens is 4. The first kappa shape index (κ1) is 25.3. The highest BCUT2D eigenvalue weighted by Crippen LogP contribution is 2.34. The van der Waals surface area contributed by atoms with Crippen LogP contribution in [-0.2, 0) is 6.42 Å². The molecule has 39 heavy (non-hydrogen) atoms. The molecule has 0 radical (unpaired) electrons. The van der Waals surface area contributed by atoms with Crippen molar-refractivity contribution in [1.82, 2.24) is 25.0 Å². The number of aryl methyl sites for hydroxylation is 1. The molecular weight excluding hydrogens is 535 g/mol. The van der Waals surface area contributed by atoms with Crippen molar-refractivity contribution in [3.8, 4) is 11.3 Å². The normalized spacial score (nSPS) is 13.7. The molecule has 4 heterocycles. The van der Waals surface area contributed by atoms with Crippen LogP contribution >= 0.6 is 23.2 Å². The molecule has 1 saturated heterocycles. The molecule has 8 nitrogen and oxygen atoms in total. The van der Waals surface area contributed by atoms with Crippen LogP contribution in [0.25, 0.3) is 22.4 Å². The first-order valence-electron chi connectivity index (χ1n) is 12.6. The molecule has 0 N–H and O–H groups in total. The lowest BCUT2D eigenvalue weighted by Crippen LogP contribution is -2.49. The molecule has 0 spiro atoms. The van der Waals surface area contributed by atoms with Gasteiger partial charge in [-0.25, -0.2) is 4.98 Å². The molecular formula is C29H24Cl2N6O2. The Bertz CT molecular complexity index is 1650. The van der Waals surface area contributed by atoms with Crippen LogP contribution in [0.1, 0.15) is 27.3 Å². The predicted octanol–water partition coefficient (Wildman–Crippen LogP) is 5.85. The Kier molecular flexibility index (Phi) is 6.89. The van der Waals surface area contributed by atoms with Gasteiger partial charge in [0.1, 0.15) is 22.7 Å². The summed E-state index contributed by atoms with van der Waals surface area (Å²) >= 11 is 12.2. The van der Waals surface area contributed by atoms with Gasteiger partial charge in [-0.05, 0) is 42.8 Å². The minimum Gasteiger partial charge on any atom is -0.352 e. The third-order valence-electron chi connectivity index (χ3n) is 6.81. The van der Waals surface area contributed by atoms with Crippen LogP contribution in [0, 0.1) is 6.92 Å². The quantitative estimate of drug-likeness (QED) is 0.267. The second kappa shape index (κ2) is 10.6. The van der Waals surface area contributed by atoms with E-state index in [-0.39, 0.29) is 5.91 Å². The number of hydrogen-bond donors (Lipinski definition) is 0. The summed E-state index contributed by atoms with van der Waals surface area (Å²) in [5.74, 6) is 1.30. The summed E-state index contributed by atoms with van der Waals surface area (Å²) < 4.78 is 5.73. The predicted molar refractivity (Wildman–Crippen MR) is 151 cm³/mol. The van der Waals surface area contributed by atoms with Crippen LogP contribution in [0.15, 0.2) is 71.5 Å². The second-order valence-corrected chi connectivity index (χ2v) is 10.3. The summed E-state index contributed by atoms with van der Waals surface area (Å²) in [4.78, 5) is 31.1. The summed E-state index contributed by atoms with van der Waals surface area (Å²) in [5, 5.41) is 5.87. The van der Waals surface area contributed by atoms with Crippen LogP contribution in [0.2, 0.25) is 10.0 Å². The van der Waals surface area contributed by atoms with Crippen LogP contribution in [0.3, 0.4) is 0 Å². The molecule has 0 aliphatic carbocycles. The first-order chi connectivity index (χ1) is 19.0. The second-order valence-electron chi connectivity index (χ2n) is 9.49. The van der Waals surface area contributed by atoms with Crippen molar-refractivity contribution in [2.24, 2.45) is 0 Å². The molecule has 0 bridgehead atoms. The summed E-state index contributed by atoms with van der Waals surface area (Å²) in [7, 11) is 0. The van der Waals surface area contributed by atoms with Gasteiger partial charge in [-0.1, -0.05) is 58.2 Å². The van der Waals surface area contributed by atoms with Gasteiger partial charge < -0.3 is 14.3 Å². The first-order valence-corrected chi connectivity index (χ1v) is 13.3. The Balaban J connectivity index is 1.32. The molecule has 10 heteroatoms. The highest BCUT2D eigenvalue weighted by molar-refractivity contribution is 6.42. The maximum Gasteiger partial charge on any atom is 0.263 e. The van der Waals surface area contributed by atoms with Crippen molar-refractivity contribution in [3.63, 3.8) is 0 Å². The lowest BCUT2D eigenvalue weighted by Gasteiger charge is -2.35. The molecule has 0 saturated carbocycles. The highest BCUT2D eigenvalue weighted by Gasteiger charge is 2.28. The fraction of sp³-hybridized carbons (Fsp3) is 0.207. The zero-order valence-electron chi connectivity index (χ0n) is 21.1. The van der Waals surface area contributed by atoms with Gasteiger partial charge in [-0.2, -0.15) is 4.98 Å². The Morgan fingerprint density at radius 1 is 0.974 bits per heavy atom. The summed E-state index contributed by atoms with van der Waals surface area (Å²) in [6.45, 7) is 4.27. The fourth-order valence-electron chi connectivity index (χ4n) is 4.71. The van der Waals surface area contributed by atoms with Crippen LogP contribution in [0.5, 0.6) is 0 Å². The van der Waals surface area contributed by atoms with E-state index < -0.39 is 0 Å². The minimum atomic E-state index is -0.0814. The van der Waals surface area contributed by atoms with Gasteiger partial charge >= 0.3 is 0 Å². The Labute approximate surface area is 235 Å². The van der Waals surface area contributed by atoms with Gasteiger partial charge in [0, 0.05) is 56.1 Å². The number of carbonyl (C=O) groups excluding carboxylic acids is 1. The standard InChI is InChI=1S/C29H24Cl2N6O2/c1-18-4-6-19(7-5-18)15-24-33-27(25-26(35-39-28(25)34-24)21-3-2-10-32-17-21)36-11-13-37(14-12-36)29(38)20-8-9-22(30)23(31)16-20/h2-10,16-17H,11-15H2,1H3. The molecule has 0 atom stereocenters. The average molecular weight is 559 g/mol. The average Bonchev–Trinajstić information content (AvgIpc) is 3.40. The van der Waals surface area contributed by atoms with E-state index in [4.69, 9.17) is 37.7 Å². The van der Waals surface area contributed by atoms with E-state index in [1.807, 2.05) is 17.0 Å². The van der Waals surface area contributed by atoms with E-state index in [1.54, 1.807) is 30.6 Å². The molecule has 3 aromatic heterocycles. The third-order valence-corrected chi connectivity index (χ3v) is 7.55. The monoisotopic (exact) mass is 558 g/mol. The van der Waals surface area contributed by atoms with Crippen LogP contribution < -0.4 is 4.90 Å². The lowest BCUT2D eigenvalue weighted by atomic mass is 10.1. The Morgan fingerprint density at radius 3 is 2.49 bits per heavy atom. The summed E-state index contributed by atoms with van der Waals surface area (Å²) in [6, 6.07) is 17.1. The number of pyridine rings is 1. The zero-order chi connectivity index (χ0) is 26.9. The Hall–Kier alpha value is -4.01. The number of benzene rings is 2. The number of rotatable bonds is 5. The van der Waals surface area contributed by atoms with Gasteiger partial charge in [0.15, 0.2) is 0 Å². The number of fused-ring (bicyclic) bond motifs is 1. The fourth-order valence-corrected chi connectivity index (χ4v) is 5.01. The number of piperazine rings is 1. The zero-order valence-corrected chi connectivity index (χ0v) is 22.7. The summed E-state index contributed by atoms with van der Waals surface area (Å²) in [6.07, 6.45) is 4.02. The number of nitrogens with zero attached hydrogens (tertiary/aromatic N) is 6. The van der Waals surface area contributed by atoms with Crippen LogP contribution in [-0.4, -0.2) is 57.1 Å². The Morgan fingerprint density at radius 2 is 1.77 bits per heavy atom. The smallest absolute Gasteiger partial charge is 0.263 e. The molecule has 1 aliphatic rings. The van der Waals surface area contributed by atoms with Gasteiger partial charge in [0.05, 0.1) is 10.0 Å². The number of hydrogen-bond acceptors (Lipinski definition) is 7. The van der Waals surface area contributed by atoms with Crippen molar-refractivity contribution in [3.05, 3.63) is 99.6 Å². The van der Waals surface area contributed by atoms with E-state index in [0.29, 0.717) is 65.4 Å². The summed E-state index contributed by atoms with van der Waals surface area (Å²) in [5.41, 5.74) is 4.70. The van der Waals surface area contributed by atoms with Crippen LogP contribution in [0.4, 0.5) is 5.82 Å². The highest BCUT2D eigenvalue weighted by atomic mass is 35.5. The largest absolute Gasteiger partial charge is 0.352 e. The number of amides is 1. The van der Waals surface area contributed by atoms with Gasteiger partial charge in [0.25, 0.3) is 11.6 Å². The third kappa shape index (κ3) is 5.17. The molecule has 196 valence electrons. The topological polar surface area (TPSA) is 88.3 Å². The minimum absolute atomic E-state index is 0.0814. The van der Waals surface area contributed by atoms with E-state index in [2.05, 4.69) is 46.2 Å². The van der Waals surface area contributed by atoms with Crippen molar-refractivity contribution in [2.45, 2.75) is 13.3 Å². The SMILES string of the molecule is Cc1ccc(Cc2nc(N3CCN(C(=O)c4ccc(Cl)c(Cl)c4)CC3)c3c(-c4cccnc4)noc3n2)cc1. The molecule has 5 aromatic rings. The number of anilines is 1. The van der Waals surface area contributed by atoms with Crippen molar-refractivity contribution in [1.29, 1.82) is 0 Å². The lowest BCUT2D eigenvalue weighted by molar-refractivity contribution is 0.0746. The molecule has 6 rings (SSSR count). The number of halogens is 2. The molecule has 1 aliphatic heterocycles. The maximum atomic E-state index is 13.1. The molecule has 0 unspecified atom stereocenters. The van der Waals surface area contributed by atoms with Crippen molar-refractivity contribution < 1.29 is 9.32 Å². The van der Waals surface area contributed by atoms with Gasteiger partial charge in [-0.3, -0.25) is 9.78 Å². The van der Waals surface area contributed by atoms with E-state index in [9.17, 15) is 4.79 Å². The van der Waals surface area contributed by atoms with Crippen molar-refractivity contribution in [2.75, 3.05) is 31.1 Å². The van der Waals surface area contributed by atoms with E-state index in [1.165, 1.54) is 5.56 Å². The molecule has 2 aromatic carbocycles. The maximum absolute atomic E-state index is 13.1. The van der Waals surface area contributed by atoms with Gasteiger partial charge in [-0.15, -0.1) is 0 Å². The van der Waals surface area contributed by atoms with Crippen molar-refractivity contribution >= 4 is 46.0 Å². The van der Waals surface area contributed by atoms with Gasteiger partial charge in [0.2, 0.25) is 0 Å².